The molecule has 0 saturated carbocycles. The van der Waals surface area contributed by atoms with Crippen LogP contribution in [0.15, 0.2) is 72.8 Å². The van der Waals surface area contributed by atoms with E-state index in [-0.39, 0.29) is 10.4 Å². The number of hydrogen-bond donors (Lipinski definition) is 1. The average molecular weight is 504 g/mol. The van der Waals surface area contributed by atoms with Crippen LogP contribution in [0.25, 0.3) is 0 Å². The van der Waals surface area contributed by atoms with Crippen molar-refractivity contribution in [3.05, 3.63) is 89.5 Å². The maximum Gasteiger partial charge on any atom is 0.287 e. The summed E-state index contributed by atoms with van der Waals surface area (Å²) in [5, 5.41) is 2.37. The van der Waals surface area contributed by atoms with Crippen LogP contribution in [-0.2, 0) is 23.2 Å². The second kappa shape index (κ2) is 12.1. The molecule has 0 bridgehead atoms. The summed E-state index contributed by atoms with van der Waals surface area (Å²) in [5.74, 6) is 2.58. The maximum absolute atomic E-state index is 12.3. The van der Waals surface area contributed by atoms with Gasteiger partial charge in [-0.2, -0.15) is 0 Å². The molecule has 1 atom stereocenters. The summed E-state index contributed by atoms with van der Waals surface area (Å²) in [6.45, 7) is 4.61. The number of thioether (sulfide) groups is 1. The van der Waals surface area contributed by atoms with Crippen LogP contribution in [0.4, 0.5) is 4.79 Å². The van der Waals surface area contributed by atoms with Gasteiger partial charge in [-0.1, -0.05) is 55.8 Å². The lowest BCUT2D eigenvalue weighted by Crippen LogP contribution is -2.40. The van der Waals surface area contributed by atoms with Gasteiger partial charge in [0.05, 0.1) is 6.61 Å². The lowest BCUT2D eigenvalue weighted by Gasteiger charge is -2.22. The van der Waals surface area contributed by atoms with E-state index in [4.69, 9.17) is 9.47 Å². The summed E-state index contributed by atoms with van der Waals surface area (Å²) in [6, 6.07) is 23.8. The number of benzene rings is 3. The SMILES string of the molecule is CCCc1cc(Oc2ccccc2)ccc1OCCCCCc1cccc(C2(C)NC(=O)SC2=O)c1. The zero-order chi connectivity index (χ0) is 25.4. The number of amides is 1. The molecule has 3 aromatic carbocycles. The molecule has 1 N–H and O–H groups in total. The van der Waals surface area contributed by atoms with Crippen molar-refractivity contribution in [1.82, 2.24) is 5.32 Å². The Hall–Kier alpha value is -3.25. The summed E-state index contributed by atoms with van der Waals surface area (Å²) < 4.78 is 12.1. The van der Waals surface area contributed by atoms with E-state index in [1.807, 2.05) is 60.7 Å². The molecule has 188 valence electrons. The third kappa shape index (κ3) is 6.49. The van der Waals surface area contributed by atoms with Crippen molar-refractivity contribution >= 4 is 22.1 Å². The van der Waals surface area contributed by atoms with Crippen molar-refractivity contribution in [2.45, 2.75) is 57.9 Å². The number of carbonyl (C=O) groups excluding carboxylic acids is 2. The Morgan fingerprint density at radius 2 is 1.69 bits per heavy atom. The first-order chi connectivity index (χ1) is 17.5. The minimum absolute atomic E-state index is 0.149. The molecule has 0 aliphatic carbocycles. The van der Waals surface area contributed by atoms with Crippen LogP contribution in [-0.4, -0.2) is 17.0 Å². The predicted octanol–water partition coefficient (Wildman–Crippen LogP) is 7.42. The molecule has 1 aliphatic rings. The molecule has 3 aromatic rings. The van der Waals surface area contributed by atoms with Crippen LogP contribution in [0.2, 0.25) is 0 Å². The number of unbranched alkanes of at least 4 members (excludes halogenated alkanes) is 2. The Bertz CT molecular complexity index is 1200. The van der Waals surface area contributed by atoms with Crippen LogP contribution in [0, 0.1) is 0 Å². The fraction of sp³-hybridized carbons (Fsp3) is 0.333. The number of rotatable bonds is 12. The first-order valence-corrected chi connectivity index (χ1v) is 13.4. The van der Waals surface area contributed by atoms with Gasteiger partial charge in [-0.15, -0.1) is 0 Å². The fourth-order valence-corrected chi connectivity index (χ4v) is 5.13. The molecule has 36 heavy (non-hydrogen) atoms. The fourth-order valence-electron chi connectivity index (χ4n) is 4.33. The summed E-state index contributed by atoms with van der Waals surface area (Å²) in [4.78, 5) is 24.0. The molecule has 0 aromatic heterocycles. The van der Waals surface area contributed by atoms with Gasteiger partial charge in [0.15, 0.2) is 0 Å². The van der Waals surface area contributed by atoms with Crippen molar-refractivity contribution in [3.8, 4) is 17.2 Å². The third-order valence-electron chi connectivity index (χ3n) is 6.35. The number of ether oxygens (including phenoxy) is 2. The van der Waals surface area contributed by atoms with E-state index in [2.05, 4.69) is 24.4 Å². The Morgan fingerprint density at radius 3 is 2.44 bits per heavy atom. The number of nitrogens with one attached hydrogen (secondary N) is 1. The summed E-state index contributed by atoms with van der Waals surface area (Å²) in [5.41, 5.74) is 2.24. The minimum atomic E-state index is -0.941. The highest BCUT2D eigenvalue weighted by Crippen LogP contribution is 2.34. The van der Waals surface area contributed by atoms with Crippen LogP contribution < -0.4 is 14.8 Å². The second-order valence-electron chi connectivity index (χ2n) is 9.22. The van der Waals surface area contributed by atoms with Crippen molar-refractivity contribution in [2.24, 2.45) is 0 Å². The van der Waals surface area contributed by atoms with Crippen molar-refractivity contribution in [3.63, 3.8) is 0 Å². The molecule has 1 fully saturated rings. The molecular weight excluding hydrogens is 470 g/mol. The van der Waals surface area contributed by atoms with Crippen molar-refractivity contribution in [1.29, 1.82) is 0 Å². The van der Waals surface area contributed by atoms with Gasteiger partial charge in [0.1, 0.15) is 22.8 Å². The van der Waals surface area contributed by atoms with Crippen molar-refractivity contribution < 1.29 is 19.1 Å². The molecule has 1 aliphatic heterocycles. The Kier molecular flexibility index (Phi) is 8.70. The van der Waals surface area contributed by atoms with Gasteiger partial charge in [0, 0.05) is 11.8 Å². The quantitative estimate of drug-likeness (QED) is 0.261. The van der Waals surface area contributed by atoms with E-state index in [0.29, 0.717) is 6.61 Å². The van der Waals surface area contributed by atoms with Gasteiger partial charge in [0.25, 0.3) is 5.24 Å². The smallest absolute Gasteiger partial charge is 0.287 e. The largest absolute Gasteiger partial charge is 0.493 e. The molecule has 0 spiro atoms. The van der Waals surface area contributed by atoms with E-state index in [1.54, 1.807) is 6.92 Å². The Labute approximate surface area is 217 Å². The minimum Gasteiger partial charge on any atom is -0.493 e. The molecule has 1 unspecified atom stereocenters. The molecule has 0 radical (unpaired) electrons. The van der Waals surface area contributed by atoms with Gasteiger partial charge in [-0.25, -0.2) is 0 Å². The molecule has 1 heterocycles. The zero-order valence-corrected chi connectivity index (χ0v) is 21.7. The van der Waals surface area contributed by atoms with Crippen LogP contribution in [0.5, 0.6) is 17.2 Å². The van der Waals surface area contributed by atoms with Crippen LogP contribution in [0.3, 0.4) is 0 Å². The highest BCUT2D eigenvalue weighted by molar-refractivity contribution is 8.26. The highest BCUT2D eigenvalue weighted by Gasteiger charge is 2.44. The van der Waals surface area contributed by atoms with E-state index in [9.17, 15) is 9.59 Å². The topological polar surface area (TPSA) is 64.6 Å². The monoisotopic (exact) mass is 503 g/mol. The predicted molar refractivity (Wildman–Crippen MR) is 145 cm³/mol. The van der Waals surface area contributed by atoms with E-state index < -0.39 is 5.54 Å². The Morgan fingerprint density at radius 1 is 0.861 bits per heavy atom. The molecule has 1 amide bonds. The number of hydrogen-bond acceptors (Lipinski definition) is 5. The summed E-state index contributed by atoms with van der Waals surface area (Å²) in [6.07, 6.45) is 5.95. The van der Waals surface area contributed by atoms with Gasteiger partial charge in [0.2, 0.25) is 5.12 Å². The van der Waals surface area contributed by atoms with Gasteiger partial charge in [-0.3, -0.25) is 9.59 Å². The van der Waals surface area contributed by atoms with Crippen LogP contribution >= 0.6 is 11.8 Å². The lowest BCUT2D eigenvalue weighted by molar-refractivity contribution is -0.115. The second-order valence-corrected chi connectivity index (χ2v) is 10.2. The average Bonchev–Trinajstić information content (AvgIpc) is 3.15. The normalized spacial score (nSPS) is 17.2. The van der Waals surface area contributed by atoms with Gasteiger partial charge in [-0.05, 0) is 86.1 Å². The molecule has 5 nitrogen and oxygen atoms in total. The molecule has 1 saturated heterocycles. The summed E-state index contributed by atoms with van der Waals surface area (Å²) in [7, 11) is 0. The molecular formula is C30H33NO4S. The van der Waals surface area contributed by atoms with Crippen LogP contribution in [0.1, 0.15) is 56.2 Å². The van der Waals surface area contributed by atoms with Gasteiger partial charge < -0.3 is 14.8 Å². The summed E-state index contributed by atoms with van der Waals surface area (Å²) >= 11 is 0.748. The maximum atomic E-state index is 12.3. The number of aryl methyl sites for hydroxylation is 2. The lowest BCUT2D eigenvalue weighted by atomic mass is 9.91. The standard InChI is InChI=1S/C30H33NO4S/c1-3-11-23-21-26(35-25-15-7-4-8-16-25)17-18-27(23)34-19-9-5-6-12-22-13-10-14-24(20-22)30(2)28(32)36-29(33)31-30/h4,7-8,10,13-18,20-21H,3,5-6,9,11-12,19H2,1-2H3,(H,31,33). The number of para-hydroxylation sites is 1. The van der Waals surface area contributed by atoms with E-state index in [0.717, 1.165) is 73.1 Å². The highest BCUT2D eigenvalue weighted by atomic mass is 32.2. The van der Waals surface area contributed by atoms with E-state index >= 15 is 0 Å². The third-order valence-corrected chi connectivity index (χ3v) is 7.23. The molecule has 6 heteroatoms. The van der Waals surface area contributed by atoms with E-state index in [1.165, 1.54) is 11.1 Å². The zero-order valence-electron chi connectivity index (χ0n) is 20.9. The Balaban J connectivity index is 1.25. The van der Waals surface area contributed by atoms with Crippen molar-refractivity contribution in [2.75, 3.05) is 6.61 Å². The number of carbonyl (C=O) groups is 2. The van der Waals surface area contributed by atoms with Gasteiger partial charge >= 0.3 is 0 Å². The first kappa shape index (κ1) is 25.8. The molecule has 4 rings (SSSR count). The first-order valence-electron chi connectivity index (χ1n) is 12.6.